The summed E-state index contributed by atoms with van der Waals surface area (Å²) >= 11 is 0. The van der Waals surface area contributed by atoms with Gasteiger partial charge in [0, 0.05) is 31.7 Å². The summed E-state index contributed by atoms with van der Waals surface area (Å²) < 4.78 is 15.6. The highest BCUT2D eigenvalue weighted by atomic mass is 19.1. The molecule has 0 unspecified atom stereocenters. The number of hydrogen-bond acceptors (Lipinski definition) is 4. The van der Waals surface area contributed by atoms with Crippen LogP contribution in [0, 0.1) is 5.82 Å². The minimum atomic E-state index is -0.239. The van der Waals surface area contributed by atoms with Crippen molar-refractivity contribution in [2.75, 3.05) is 0 Å². The molecule has 5 nitrogen and oxygen atoms in total. The largest absolute Gasteiger partial charge is 0.403 e. The molecule has 0 fully saturated rings. The van der Waals surface area contributed by atoms with Crippen molar-refractivity contribution in [3.05, 3.63) is 72.2 Å². The lowest BCUT2D eigenvalue weighted by Gasteiger charge is -2.20. The highest BCUT2D eigenvalue weighted by molar-refractivity contribution is 5.71. The molecule has 0 radical (unpaired) electrons. The van der Waals surface area contributed by atoms with E-state index >= 15 is 0 Å². The van der Waals surface area contributed by atoms with Crippen LogP contribution in [0.2, 0.25) is 0 Å². The van der Waals surface area contributed by atoms with Gasteiger partial charge in [-0.25, -0.2) is 14.4 Å². The van der Waals surface area contributed by atoms with Crippen molar-refractivity contribution in [2.45, 2.75) is 33.0 Å². The Bertz CT molecular complexity index is 871. The molecule has 2 N–H and O–H groups in total. The smallest absolute Gasteiger partial charge is 0.177 e. The number of pyridine rings is 1. The average molecular weight is 339 g/mol. The van der Waals surface area contributed by atoms with Gasteiger partial charge in [0.1, 0.15) is 11.6 Å². The van der Waals surface area contributed by atoms with Crippen molar-refractivity contribution < 1.29 is 4.39 Å². The maximum absolute atomic E-state index is 13.4. The Balaban J connectivity index is 1.89. The first-order chi connectivity index (χ1) is 12.2. The topological polar surface area (TPSA) is 60.0 Å². The molecule has 3 aromatic rings. The predicted molar refractivity (Wildman–Crippen MR) is 96.8 cm³/mol. The Kier molecular flexibility index (Phi) is 5.28. The molecule has 0 saturated carbocycles. The monoisotopic (exact) mass is 339 g/mol. The Hall–Kier alpha value is -2.89. The zero-order valence-corrected chi connectivity index (χ0v) is 14.3. The van der Waals surface area contributed by atoms with Crippen LogP contribution < -0.4 is 5.73 Å². The van der Waals surface area contributed by atoms with E-state index in [1.807, 2.05) is 23.1 Å². The minimum absolute atomic E-state index is 0.239. The van der Waals surface area contributed by atoms with E-state index in [-0.39, 0.29) is 5.82 Å². The molecule has 0 saturated heterocycles. The Labute approximate surface area is 146 Å². The molecule has 0 aliphatic rings. The molecule has 2 heterocycles. The van der Waals surface area contributed by atoms with Gasteiger partial charge in [0.05, 0.1) is 12.1 Å². The number of rotatable bonds is 7. The summed E-state index contributed by atoms with van der Waals surface area (Å²) in [4.78, 5) is 11.0. The van der Waals surface area contributed by atoms with E-state index in [0.29, 0.717) is 13.1 Å². The number of halogens is 1. The van der Waals surface area contributed by atoms with E-state index < -0.39 is 0 Å². The highest BCUT2D eigenvalue weighted by Crippen LogP contribution is 2.17. The molecule has 2 aromatic heterocycles. The van der Waals surface area contributed by atoms with Gasteiger partial charge in [-0.2, -0.15) is 0 Å². The molecular weight excluding hydrogens is 317 g/mol. The molecule has 130 valence electrons. The second-order valence-corrected chi connectivity index (χ2v) is 5.90. The van der Waals surface area contributed by atoms with Gasteiger partial charge >= 0.3 is 0 Å². The fourth-order valence-electron chi connectivity index (χ4n) is 2.94. The fraction of sp³-hybridized carbons (Fsp3) is 0.263. The summed E-state index contributed by atoms with van der Waals surface area (Å²) in [6, 6.07) is 10.5. The van der Waals surface area contributed by atoms with Gasteiger partial charge in [-0.1, -0.05) is 19.1 Å². The summed E-state index contributed by atoms with van der Waals surface area (Å²) in [6.07, 6.45) is 6.04. The highest BCUT2D eigenvalue weighted by Gasteiger charge is 2.13. The van der Waals surface area contributed by atoms with Crippen LogP contribution in [-0.2, 0) is 19.6 Å². The molecule has 0 bridgehead atoms. The Morgan fingerprint density at radius 3 is 2.88 bits per heavy atom. The van der Waals surface area contributed by atoms with Crippen LogP contribution in [-0.4, -0.2) is 19.4 Å². The first-order valence-electron chi connectivity index (χ1n) is 8.38. The van der Waals surface area contributed by atoms with Crippen LogP contribution in [0.25, 0.3) is 11.2 Å². The first kappa shape index (κ1) is 17.0. The van der Waals surface area contributed by atoms with Crippen molar-refractivity contribution in [3.8, 4) is 0 Å². The number of imidazole rings is 1. The first-order valence-corrected chi connectivity index (χ1v) is 8.38. The number of fused-ring (bicyclic) bond motifs is 1. The number of nitrogens with two attached hydrogens (primary N) is 1. The Morgan fingerprint density at radius 1 is 1.24 bits per heavy atom. The molecule has 0 atom stereocenters. The van der Waals surface area contributed by atoms with Crippen LogP contribution >= 0.6 is 0 Å². The van der Waals surface area contributed by atoms with Crippen LogP contribution in [0.3, 0.4) is 0 Å². The van der Waals surface area contributed by atoms with Gasteiger partial charge in [0.25, 0.3) is 0 Å². The number of aryl methyl sites for hydroxylation is 1. The van der Waals surface area contributed by atoms with E-state index in [1.165, 1.54) is 18.3 Å². The molecular formula is C19H22FN5. The second-order valence-electron chi connectivity index (χ2n) is 5.90. The molecule has 0 spiro atoms. The van der Waals surface area contributed by atoms with Crippen LogP contribution in [0.5, 0.6) is 0 Å². The number of hydrogen-bond donors (Lipinski definition) is 1. The lowest BCUT2D eigenvalue weighted by molar-refractivity contribution is 0.344. The minimum Gasteiger partial charge on any atom is -0.403 e. The van der Waals surface area contributed by atoms with Gasteiger partial charge in [0.2, 0.25) is 0 Å². The lowest BCUT2D eigenvalue weighted by Crippen LogP contribution is -2.20. The van der Waals surface area contributed by atoms with Crippen LogP contribution in [0.4, 0.5) is 4.39 Å². The van der Waals surface area contributed by atoms with Gasteiger partial charge in [-0.3, -0.25) is 0 Å². The maximum atomic E-state index is 13.4. The number of nitrogens with zero attached hydrogens (tertiary/aromatic N) is 4. The average Bonchev–Trinajstić information content (AvgIpc) is 2.93. The molecule has 0 aliphatic carbocycles. The van der Waals surface area contributed by atoms with Gasteiger partial charge in [-0.05, 0) is 36.2 Å². The normalized spacial score (nSPS) is 11.4. The standard InChI is InChI=1S/C19H22FN5/c1-2-10-25-17-7-4-9-22-19(17)23-18(25)14-24(11-8-21)13-15-5-3-6-16(20)12-15/h3-9,11-12H,2,10,13-14,21H2,1H3/b11-8-. The zero-order valence-electron chi connectivity index (χ0n) is 14.3. The predicted octanol–water partition coefficient (Wildman–Crippen LogP) is 3.41. The summed E-state index contributed by atoms with van der Waals surface area (Å²) in [5.74, 6) is 0.682. The molecule has 6 heteroatoms. The molecule has 0 amide bonds. The van der Waals surface area contributed by atoms with Crippen molar-refractivity contribution >= 4 is 11.2 Å². The molecule has 1 aromatic carbocycles. The third kappa shape index (κ3) is 3.96. The molecule has 25 heavy (non-hydrogen) atoms. The molecule has 3 rings (SSSR count). The van der Waals surface area contributed by atoms with Crippen molar-refractivity contribution in [3.63, 3.8) is 0 Å². The fourth-order valence-corrected chi connectivity index (χ4v) is 2.94. The van der Waals surface area contributed by atoms with Crippen molar-refractivity contribution in [2.24, 2.45) is 5.73 Å². The Morgan fingerprint density at radius 2 is 2.12 bits per heavy atom. The summed E-state index contributed by atoms with van der Waals surface area (Å²) in [5, 5.41) is 0. The van der Waals surface area contributed by atoms with Crippen molar-refractivity contribution in [1.82, 2.24) is 19.4 Å². The van der Waals surface area contributed by atoms with E-state index in [9.17, 15) is 4.39 Å². The van der Waals surface area contributed by atoms with E-state index in [1.54, 1.807) is 18.5 Å². The van der Waals surface area contributed by atoms with Crippen LogP contribution in [0.1, 0.15) is 24.7 Å². The van der Waals surface area contributed by atoms with E-state index in [2.05, 4.69) is 21.5 Å². The SMILES string of the molecule is CCCn1c(CN(/C=C\N)Cc2cccc(F)c2)nc2ncccc21. The summed E-state index contributed by atoms with van der Waals surface area (Å²) in [6.45, 7) is 4.13. The quantitative estimate of drug-likeness (QED) is 0.716. The number of benzene rings is 1. The summed E-state index contributed by atoms with van der Waals surface area (Å²) in [7, 11) is 0. The zero-order chi connectivity index (χ0) is 17.6. The second kappa shape index (κ2) is 7.79. The van der Waals surface area contributed by atoms with Crippen LogP contribution in [0.15, 0.2) is 55.0 Å². The molecule has 0 aliphatic heterocycles. The van der Waals surface area contributed by atoms with Gasteiger partial charge in [0.15, 0.2) is 5.65 Å². The summed E-state index contributed by atoms with van der Waals surface area (Å²) in [5.41, 5.74) is 8.26. The van der Waals surface area contributed by atoms with Gasteiger partial charge in [-0.15, -0.1) is 0 Å². The lowest BCUT2D eigenvalue weighted by atomic mass is 10.2. The van der Waals surface area contributed by atoms with E-state index in [0.717, 1.165) is 35.5 Å². The van der Waals surface area contributed by atoms with Gasteiger partial charge < -0.3 is 15.2 Å². The maximum Gasteiger partial charge on any atom is 0.177 e. The third-order valence-corrected chi connectivity index (χ3v) is 3.97. The van der Waals surface area contributed by atoms with E-state index in [4.69, 9.17) is 5.73 Å². The third-order valence-electron chi connectivity index (χ3n) is 3.97. The number of aromatic nitrogens is 3. The van der Waals surface area contributed by atoms with Crippen molar-refractivity contribution in [1.29, 1.82) is 0 Å².